The van der Waals surface area contributed by atoms with Crippen molar-refractivity contribution in [2.75, 3.05) is 26.2 Å². The Kier molecular flexibility index (Phi) is 5.91. The number of aromatic nitrogens is 2. The Hall–Kier alpha value is -2.67. The molecular formula is C20H26N4O3. The quantitative estimate of drug-likeness (QED) is 0.786. The zero-order valence-electron chi connectivity index (χ0n) is 15.8. The van der Waals surface area contributed by atoms with Crippen LogP contribution in [0.15, 0.2) is 40.1 Å². The van der Waals surface area contributed by atoms with E-state index >= 15 is 0 Å². The monoisotopic (exact) mass is 370 g/mol. The van der Waals surface area contributed by atoms with Crippen LogP contribution in [0.5, 0.6) is 0 Å². The summed E-state index contributed by atoms with van der Waals surface area (Å²) >= 11 is 0. The molecule has 2 heterocycles. The van der Waals surface area contributed by atoms with Crippen LogP contribution < -0.4 is 16.6 Å². The van der Waals surface area contributed by atoms with Gasteiger partial charge in [-0.2, -0.15) is 0 Å². The molecule has 7 nitrogen and oxygen atoms in total. The van der Waals surface area contributed by atoms with Gasteiger partial charge >= 0.3 is 5.69 Å². The highest BCUT2D eigenvalue weighted by molar-refractivity contribution is 5.75. The number of nitrogens with one attached hydrogen (secondary N) is 2. The second-order valence-electron chi connectivity index (χ2n) is 7.19. The van der Waals surface area contributed by atoms with E-state index < -0.39 is 11.2 Å². The first kappa shape index (κ1) is 19.1. The summed E-state index contributed by atoms with van der Waals surface area (Å²) in [5.41, 5.74) is 2.16. The number of hydrogen-bond acceptors (Lipinski definition) is 4. The second kappa shape index (κ2) is 8.35. The van der Waals surface area contributed by atoms with Gasteiger partial charge in [0.2, 0.25) is 5.91 Å². The largest absolute Gasteiger partial charge is 0.353 e. The van der Waals surface area contributed by atoms with Gasteiger partial charge in [-0.05, 0) is 43.9 Å². The molecule has 0 radical (unpaired) electrons. The minimum atomic E-state index is -0.568. The first-order chi connectivity index (χ1) is 12.9. The van der Waals surface area contributed by atoms with Crippen molar-refractivity contribution in [3.63, 3.8) is 0 Å². The minimum absolute atomic E-state index is 0.0950. The topological polar surface area (TPSA) is 87.2 Å². The number of carbonyl (C=O) groups is 1. The standard InChI is InChI=1S/C20H26N4O3/c1-14-5-3-4-6-17(14)16-7-9-23(12-16)10-8-21-18(25)13-24-11-15(2)19(26)22-20(24)27/h3-6,11,16H,7-10,12-13H2,1-2H3,(H,21,25)(H,22,26,27). The van der Waals surface area contributed by atoms with Gasteiger partial charge in [0.05, 0.1) is 0 Å². The molecule has 2 N–H and O–H groups in total. The molecule has 1 amide bonds. The summed E-state index contributed by atoms with van der Waals surface area (Å²) in [6, 6.07) is 8.51. The van der Waals surface area contributed by atoms with E-state index in [0.29, 0.717) is 18.0 Å². The number of benzene rings is 1. The van der Waals surface area contributed by atoms with Gasteiger partial charge in [0.15, 0.2) is 0 Å². The Bertz CT molecular complexity index is 931. The third-order valence-electron chi connectivity index (χ3n) is 5.15. The number of aryl methyl sites for hydroxylation is 2. The summed E-state index contributed by atoms with van der Waals surface area (Å²) in [4.78, 5) is 39.7. The van der Waals surface area contributed by atoms with Crippen molar-refractivity contribution in [2.24, 2.45) is 0 Å². The molecule has 1 unspecified atom stereocenters. The van der Waals surface area contributed by atoms with Gasteiger partial charge in [0, 0.05) is 31.4 Å². The molecule has 1 atom stereocenters. The van der Waals surface area contributed by atoms with Gasteiger partial charge in [-0.1, -0.05) is 24.3 Å². The van der Waals surface area contributed by atoms with Crippen LogP contribution in [0.25, 0.3) is 0 Å². The molecule has 0 spiro atoms. The molecule has 3 rings (SSSR count). The van der Waals surface area contributed by atoms with Crippen LogP contribution in [0, 0.1) is 13.8 Å². The van der Waals surface area contributed by atoms with Crippen molar-refractivity contribution in [3.05, 3.63) is 68.0 Å². The van der Waals surface area contributed by atoms with Gasteiger partial charge in [-0.15, -0.1) is 0 Å². The fourth-order valence-electron chi connectivity index (χ4n) is 3.63. The van der Waals surface area contributed by atoms with Gasteiger partial charge < -0.3 is 10.2 Å². The van der Waals surface area contributed by atoms with Crippen LogP contribution in [0.1, 0.15) is 29.0 Å². The van der Waals surface area contributed by atoms with Gasteiger partial charge in [-0.3, -0.25) is 19.1 Å². The molecule has 27 heavy (non-hydrogen) atoms. The normalized spacial score (nSPS) is 17.2. The summed E-state index contributed by atoms with van der Waals surface area (Å²) in [5.74, 6) is 0.308. The Morgan fingerprint density at radius 2 is 2.00 bits per heavy atom. The Morgan fingerprint density at radius 1 is 1.22 bits per heavy atom. The van der Waals surface area contributed by atoms with Crippen molar-refractivity contribution in [1.29, 1.82) is 0 Å². The summed E-state index contributed by atoms with van der Waals surface area (Å²) in [6.45, 7) is 7.00. The lowest BCUT2D eigenvalue weighted by atomic mass is 9.94. The van der Waals surface area contributed by atoms with E-state index in [-0.39, 0.29) is 12.5 Å². The van der Waals surface area contributed by atoms with Crippen LogP contribution in [0.3, 0.4) is 0 Å². The zero-order chi connectivity index (χ0) is 19.4. The van der Waals surface area contributed by atoms with E-state index in [2.05, 4.69) is 46.4 Å². The van der Waals surface area contributed by atoms with E-state index in [4.69, 9.17) is 0 Å². The van der Waals surface area contributed by atoms with Crippen molar-refractivity contribution in [3.8, 4) is 0 Å². The Labute approximate surface area is 158 Å². The summed E-state index contributed by atoms with van der Waals surface area (Å²) in [7, 11) is 0. The molecular weight excluding hydrogens is 344 g/mol. The number of hydrogen-bond donors (Lipinski definition) is 2. The molecule has 0 saturated carbocycles. The van der Waals surface area contributed by atoms with Crippen LogP contribution in [-0.2, 0) is 11.3 Å². The highest BCUT2D eigenvalue weighted by Gasteiger charge is 2.24. The number of likely N-dealkylation sites (tertiary alicyclic amines) is 1. The average molecular weight is 370 g/mol. The second-order valence-corrected chi connectivity index (χ2v) is 7.19. The molecule has 0 bridgehead atoms. The molecule has 1 saturated heterocycles. The van der Waals surface area contributed by atoms with Crippen molar-refractivity contribution in [1.82, 2.24) is 19.8 Å². The Balaban J connectivity index is 1.46. The van der Waals surface area contributed by atoms with E-state index in [1.165, 1.54) is 21.9 Å². The summed E-state index contributed by atoms with van der Waals surface area (Å²) in [5, 5.41) is 2.85. The fraction of sp³-hybridized carbons (Fsp3) is 0.450. The van der Waals surface area contributed by atoms with Gasteiger partial charge in [0.25, 0.3) is 5.56 Å². The maximum absolute atomic E-state index is 12.1. The van der Waals surface area contributed by atoms with Gasteiger partial charge in [0.1, 0.15) is 6.54 Å². The summed E-state index contributed by atoms with van der Waals surface area (Å²) < 4.78 is 1.22. The molecule has 1 aliphatic rings. The number of rotatable bonds is 6. The van der Waals surface area contributed by atoms with E-state index in [1.54, 1.807) is 6.92 Å². The molecule has 2 aromatic rings. The first-order valence-corrected chi connectivity index (χ1v) is 9.29. The van der Waals surface area contributed by atoms with Crippen LogP contribution >= 0.6 is 0 Å². The molecule has 1 aliphatic heterocycles. The fourth-order valence-corrected chi connectivity index (χ4v) is 3.63. The molecule has 1 aromatic carbocycles. The van der Waals surface area contributed by atoms with Crippen LogP contribution in [-0.4, -0.2) is 46.5 Å². The predicted octanol–water partition coefficient (Wildman–Crippen LogP) is 0.759. The molecule has 144 valence electrons. The lowest BCUT2D eigenvalue weighted by Gasteiger charge is -2.17. The third-order valence-corrected chi connectivity index (χ3v) is 5.15. The van der Waals surface area contributed by atoms with Gasteiger partial charge in [-0.25, -0.2) is 4.79 Å². The minimum Gasteiger partial charge on any atom is -0.353 e. The first-order valence-electron chi connectivity index (χ1n) is 9.29. The van der Waals surface area contributed by atoms with Crippen molar-refractivity contribution >= 4 is 5.91 Å². The van der Waals surface area contributed by atoms with E-state index in [1.807, 2.05) is 0 Å². The molecule has 1 fully saturated rings. The zero-order valence-corrected chi connectivity index (χ0v) is 15.8. The lowest BCUT2D eigenvalue weighted by Crippen LogP contribution is -2.39. The number of H-pyrrole nitrogens is 1. The highest BCUT2D eigenvalue weighted by Crippen LogP contribution is 2.28. The van der Waals surface area contributed by atoms with E-state index in [0.717, 1.165) is 26.1 Å². The van der Waals surface area contributed by atoms with E-state index in [9.17, 15) is 14.4 Å². The van der Waals surface area contributed by atoms with Crippen LogP contribution in [0.4, 0.5) is 0 Å². The maximum Gasteiger partial charge on any atom is 0.328 e. The van der Waals surface area contributed by atoms with Crippen LogP contribution in [0.2, 0.25) is 0 Å². The SMILES string of the molecule is Cc1ccccc1C1CCN(CCNC(=O)Cn2cc(C)c(=O)[nH]c2=O)C1. The number of nitrogens with zero attached hydrogens (tertiary/aromatic N) is 2. The van der Waals surface area contributed by atoms with Crippen molar-refractivity contribution < 1.29 is 4.79 Å². The summed E-state index contributed by atoms with van der Waals surface area (Å²) in [6.07, 6.45) is 2.54. The molecule has 1 aromatic heterocycles. The number of carbonyl (C=O) groups excluding carboxylic acids is 1. The Morgan fingerprint density at radius 3 is 2.78 bits per heavy atom. The predicted molar refractivity (Wildman–Crippen MR) is 104 cm³/mol. The average Bonchev–Trinajstić information content (AvgIpc) is 3.08. The maximum atomic E-state index is 12.1. The molecule has 0 aliphatic carbocycles. The number of amides is 1. The smallest absolute Gasteiger partial charge is 0.328 e. The third kappa shape index (κ3) is 4.74. The highest BCUT2D eigenvalue weighted by atomic mass is 16.2. The number of aromatic amines is 1. The lowest BCUT2D eigenvalue weighted by molar-refractivity contribution is -0.121. The van der Waals surface area contributed by atoms with Crippen molar-refractivity contribution in [2.45, 2.75) is 32.7 Å². The molecule has 7 heteroatoms.